The zero-order chi connectivity index (χ0) is 18.4. The van der Waals surface area contributed by atoms with Crippen molar-refractivity contribution in [3.8, 4) is 0 Å². The number of hydrogen-bond acceptors (Lipinski definition) is 2. The van der Waals surface area contributed by atoms with E-state index < -0.39 is 17.2 Å². The smallest absolute Gasteiger partial charge is 0.411 e. The molecule has 0 aliphatic carbocycles. The highest BCUT2D eigenvalue weighted by Crippen LogP contribution is 2.37. The number of ether oxygens (including phenoxy) is 1. The minimum Gasteiger partial charge on any atom is -0.444 e. The van der Waals surface area contributed by atoms with Crippen LogP contribution in [0.1, 0.15) is 51.2 Å². The van der Waals surface area contributed by atoms with E-state index in [4.69, 9.17) is 4.74 Å². The maximum Gasteiger partial charge on any atom is 0.411 e. The summed E-state index contributed by atoms with van der Waals surface area (Å²) >= 11 is 0. The van der Waals surface area contributed by atoms with Crippen molar-refractivity contribution in [1.82, 2.24) is 4.90 Å². The van der Waals surface area contributed by atoms with Crippen LogP contribution in [-0.2, 0) is 11.2 Å². The minimum atomic E-state index is -0.771. The summed E-state index contributed by atoms with van der Waals surface area (Å²) in [4.78, 5) is 14.2. The second-order valence-electron chi connectivity index (χ2n) is 8.06. The van der Waals surface area contributed by atoms with Crippen LogP contribution >= 0.6 is 0 Å². The van der Waals surface area contributed by atoms with Crippen LogP contribution in [0.25, 0.3) is 0 Å². The normalized spacial score (nSPS) is 22.8. The van der Waals surface area contributed by atoms with E-state index in [1.165, 1.54) is 0 Å². The molecule has 0 N–H and O–H groups in total. The molecular formula is C20H25F2NO2. The zero-order valence-corrected chi connectivity index (χ0v) is 15.2. The minimum absolute atomic E-state index is 0.0121. The van der Waals surface area contributed by atoms with Crippen LogP contribution in [0.3, 0.4) is 0 Å². The van der Waals surface area contributed by atoms with Crippen molar-refractivity contribution < 1.29 is 18.3 Å². The van der Waals surface area contributed by atoms with Crippen molar-refractivity contribution in [2.45, 2.75) is 71.1 Å². The first kappa shape index (κ1) is 17.9. The molecule has 5 heteroatoms. The lowest BCUT2D eigenvalue weighted by atomic mass is 9.94. The Morgan fingerprint density at radius 3 is 2.60 bits per heavy atom. The van der Waals surface area contributed by atoms with Crippen molar-refractivity contribution in [3.63, 3.8) is 0 Å². The van der Waals surface area contributed by atoms with E-state index in [2.05, 4.69) is 0 Å². The van der Waals surface area contributed by atoms with Crippen LogP contribution in [0.4, 0.5) is 13.6 Å². The Hall–Kier alpha value is -1.91. The lowest BCUT2D eigenvalue weighted by molar-refractivity contribution is 0.0166. The van der Waals surface area contributed by atoms with Crippen LogP contribution in [0.5, 0.6) is 0 Å². The van der Waals surface area contributed by atoms with Gasteiger partial charge in [0.15, 0.2) is 11.6 Å². The summed E-state index contributed by atoms with van der Waals surface area (Å²) in [5.74, 6) is -1.53. The predicted octanol–water partition coefficient (Wildman–Crippen LogP) is 4.91. The Bertz CT molecular complexity index is 721. The van der Waals surface area contributed by atoms with Gasteiger partial charge in [0.25, 0.3) is 0 Å². The van der Waals surface area contributed by atoms with E-state index in [0.717, 1.165) is 18.4 Å². The van der Waals surface area contributed by atoms with E-state index in [0.29, 0.717) is 24.0 Å². The molecule has 0 spiro atoms. The number of nitrogens with zero attached hydrogens (tertiary/aromatic N) is 1. The molecule has 2 unspecified atom stereocenters. The van der Waals surface area contributed by atoms with Crippen molar-refractivity contribution in [1.29, 1.82) is 0 Å². The molecule has 1 fully saturated rings. The van der Waals surface area contributed by atoms with E-state index in [1.807, 2.05) is 26.8 Å². The summed E-state index contributed by atoms with van der Waals surface area (Å²) in [7, 11) is 0. The Balaban J connectivity index is 1.76. The third-order valence-electron chi connectivity index (χ3n) is 4.85. The van der Waals surface area contributed by atoms with Gasteiger partial charge in [-0.1, -0.05) is 23.8 Å². The molecule has 1 saturated heterocycles. The van der Waals surface area contributed by atoms with Crippen LogP contribution in [0.2, 0.25) is 0 Å². The van der Waals surface area contributed by atoms with Gasteiger partial charge < -0.3 is 4.74 Å². The van der Waals surface area contributed by atoms with Crippen molar-refractivity contribution >= 4 is 6.09 Å². The highest BCUT2D eigenvalue weighted by atomic mass is 19.2. The summed E-state index contributed by atoms with van der Waals surface area (Å²) in [6.45, 7) is 7.12. The molecule has 2 aliphatic rings. The summed E-state index contributed by atoms with van der Waals surface area (Å²) in [6, 6.07) is 3.33. The van der Waals surface area contributed by atoms with E-state index in [1.54, 1.807) is 24.0 Å². The number of fused-ring (bicyclic) bond motifs is 2. The highest BCUT2D eigenvalue weighted by molar-refractivity contribution is 5.70. The second-order valence-corrected chi connectivity index (χ2v) is 8.06. The molecule has 2 bridgehead atoms. The largest absolute Gasteiger partial charge is 0.444 e. The quantitative estimate of drug-likeness (QED) is 0.710. The fourth-order valence-corrected chi connectivity index (χ4v) is 3.72. The third-order valence-corrected chi connectivity index (χ3v) is 4.85. The molecule has 2 atom stereocenters. The van der Waals surface area contributed by atoms with Gasteiger partial charge >= 0.3 is 6.09 Å². The molecule has 0 radical (unpaired) electrons. The number of carbonyl (C=O) groups is 1. The average Bonchev–Trinajstić information content (AvgIpc) is 2.78. The Morgan fingerprint density at radius 1 is 1.24 bits per heavy atom. The number of hydrogen-bond donors (Lipinski definition) is 0. The van der Waals surface area contributed by atoms with Gasteiger partial charge in [-0.2, -0.15) is 0 Å². The van der Waals surface area contributed by atoms with Gasteiger partial charge in [0.2, 0.25) is 0 Å². The highest BCUT2D eigenvalue weighted by Gasteiger charge is 2.41. The molecule has 3 rings (SSSR count). The molecule has 2 heterocycles. The van der Waals surface area contributed by atoms with Crippen molar-refractivity contribution in [2.75, 3.05) is 0 Å². The first-order chi connectivity index (χ1) is 11.7. The number of halogens is 2. The van der Waals surface area contributed by atoms with E-state index in [9.17, 15) is 13.6 Å². The monoisotopic (exact) mass is 349 g/mol. The summed E-state index contributed by atoms with van der Waals surface area (Å²) in [6.07, 6.45) is 4.61. The predicted molar refractivity (Wildman–Crippen MR) is 92.4 cm³/mol. The Kier molecular flexibility index (Phi) is 4.60. The SMILES string of the molecule is Cc1ccc(CC2=CC3CCC(C2)N3C(=O)OC(C)(C)C)c(F)c1F. The maximum absolute atomic E-state index is 14.1. The third kappa shape index (κ3) is 3.70. The summed E-state index contributed by atoms with van der Waals surface area (Å²) < 4.78 is 33.4. The summed E-state index contributed by atoms with van der Waals surface area (Å²) in [5, 5.41) is 0. The van der Waals surface area contributed by atoms with E-state index >= 15 is 0 Å². The summed E-state index contributed by atoms with van der Waals surface area (Å²) in [5.41, 5.74) is 1.23. The van der Waals surface area contributed by atoms with Gasteiger partial charge in [-0.3, -0.25) is 4.90 Å². The lowest BCUT2D eigenvalue weighted by Gasteiger charge is -2.35. The van der Waals surface area contributed by atoms with Gasteiger partial charge in [-0.15, -0.1) is 0 Å². The van der Waals surface area contributed by atoms with Gasteiger partial charge in [-0.05, 0) is 64.5 Å². The fourth-order valence-electron chi connectivity index (χ4n) is 3.72. The number of aryl methyl sites for hydroxylation is 1. The number of carbonyl (C=O) groups excluding carboxylic acids is 1. The topological polar surface area (TPSA) is 29.5 Å². The molecular weight excluding hydrogens is 324 g/mol. The van der Waals surface area contributed by atoms with Crippen molar-refractivity contribution in [2.24, 2.45) is 0 Å². The molecule has 1 aromatic rings. The lowest BCUT2D eigenvalue weighted by Crippen LogP contribution is -2.45. The van der Waals surface area contributed by atoms with Crippen LogP contribution in [0.15, 0.2) is 23.8 Å². The fraction of sp³-hybridized carbons (Fsp3) is 0.550. The standard InChI is InChI=1S/C20H25F2NO2/c1-12-5-6-14(18(22)17(12)21)9-13-10-15-7-8-16(11-13)23(15)19(24)25-20(2,3)4/h5-6,10,15-16H,7-9,11H2,1-4H3. The number of amides is 1. The van der Waals surface area contributed by atoms with Gasteiger partial charge in [-0.25, -0.2) is 13.6 Å². The van der Waals surface area contributed by atoms with Gasteiger partial charge in [0.05, 0.1) is 6.04 Å². The van der Waals surface area contributed by atoms with Crippen LogP contribution < -0.4 is 0 Å². The van der Waals surface area contributed by atoms with E-state index in [-0.39, 0.29) is 18.2 Å². The molecule has 1 aromatic carbocycles. The van der Waals surface area contributed by atoms with Crippen LogP contribution in [-0.4, -0.2) is 28.7 Å². The molecule has 0 aromatic heterocycles. The Labute approximate surface area is 147 Å². The molecule has 136 valence electrons. The number of rotatable bonds is 2. The van der Waals surface area contributed by atoms with Crippen LogP contribution in [0, 0.1) is 18.6 Å². The number of benzene rings is 1. The maximum atomic E-state index is 14.1. The molecule has 0 saturated carbocycles. The second kappa shape index (κ2) is 6.43. The molecule has 2 aliphatic heterocycles. The zero-order valence-electron chi connectivity index (χ0n) is 15.2. The van der Waals surface area contributed by atoms with Gasteiger partial charge in [0, 0.05) is 6.04 Å². The van der Waals surface area contributed by atoms with Gasteiger partial charge in [0.1, 0.15) is 5.60 Å². The Morgan fingerprint density at radius 2 is 1.96 bits per heavy atom. The average molecular weight is 349 g/mol. The molecule has 3 nitrogen and oxygen atoms in total. The van der Waals surface area contributed by atoms with Crippen molar-refractivity contribution in [3.05, 3.63) is 46.5 Å². The first-order valence-corrected chi connectivity index (χ1v) is 8.80. The molecule has 25 heavy (non-hydrogen) atoms. The molecule has 1 amide bonds. The first-order valence-electron chi connectivity index (χ1n) is 8.80.